The van der Waals surface area contributed by atoms with Gasteiger partial charge in [0, 0.05) is 26.1 Å². The van der Waals surface area contributed by atoms with Gasteiger partial charge in [0.05, 0.1) is 18.2 Å². The molecule has 0 aliphatic rings. The summed E-state index contributed by atoms with van der Waals surface area (Å²) in [6, 6.07) is 6.29. The van der Waals surface area contributed by atoms with E-state index in [4.69, 9.17) is 16.3 Å². The van der Waals surface area contributed by atoms with E-state index in [1.54, 1.807) is 6.07 Å². The Kier molecular flexibility index (Phi) is 10.7. The van der Waals surface area contributed by atoms with Gasteiger partial charge in [0.15, 0.2) is 11.6 Å². The molecule has 0 spiro atoms. The number of benzene rings is 1. The summed E-state index contributed by atoms with van der Waals surface area (Å²) in [6.07, 6.45) is 1.37. The quantitative estimate of drug-likeness (QED) is 0.463. The number of nitrogens with zero attached hydrogens (tertiary/aromatic N) is 2. The highest BCUT2D eigenvalue weighted by Gasteiger charge is 2.22. The van der Waals surface area contributed by atoms with Gasteiger partial charge in [0.25, 0.3) is 0 Å². The fourth-order valence-corrected chi connectivity index (χ4v) is 3.21. The first-order chi connectivity index (χ1) is 16.2. The van der Waals surface area contributed by atoms with Crippen LogP contribution in [0.5, 0.6) is 0 Å². The highest BCUT2D eigenvalue weighted by atomic mass is 35.5. The zero-order valence-corrected chi connectivity index (χ0v) is 19.6. The lowest BCUT2D eigenvalue weighted by Crippen LogP contribution is -2.41. The van der Waals surface area contributed by atoms with Gasteiger partial charge in [0.2, 0.25) is 5.91 Å². The Morgan fingerprint density at radius 1 is 1.18 bits per heavy atom. The van der Waals surface area contributed by atoms with Gasteiger partial charge in [-0.2, -0.15) is 0 Å². The number of methoxy groups -OCH3 is 1. The summed E-state index contributed by atoms with van der Waals surface area (Å²) in [5, 5.41) is 2.85. The van der Waals surface area contributed by atoms with E-state index in [9.17, 15) is 23.2 Å². The first kappa shape index (κ1) is 27.0. The van der Waals surface area contributed by atoms with Crippen LogP contribution >= 0.6 is 11.6 Å². The van der Waals surface area contributed by atoms with Crippen LogP contribution in [0.2, 0.25) is 5.02 Å². The molecule has 0 fully saturated rings. The predicted octanol–water partition coefficient (Wildman–Crippen LogP) is 4.36. The van der Waals surface area contributed by atoms with Crippen molar-refractivity contribution in [1.82, 2.24) is 9.88 Å². The summed E-state index contributed by atoms with van der Waals surface area (Å²) in [6.45, 7) is -0.156. The van der Waals surface area contributed by atoms with Crippen LogP contribution in [0.15, 0.2) is 36.5 Å². The summed E-state index contributed by atoms with van der Waals surface area (Å²) >= 11 is 5.76. The van der Waals surface area contributed by atoms with Crippen molar-refractivity contribution in [3.05, 3.63) is 58.7 Å². The summed E-state index contributed by atoms with van der Waals surface area (Å²) in [4.78, 5) is 41.6. The number of carbonyl (C=O) groups is 3. The second kappa shape index (κ2) is 13.4. The lowest BCUT2D eigenvalue weighted by Gasteiger charge is -2.28. The first-order valence-corrected chi connectivity index (χ1v) is 10.9. The molecule has 0 radical (unpaired) electrons. The summed E-state index contributed by atoms with van der Waals surface area (Å²) in [7, 11) is 2.80. The third-order valence-corrected chi connectivity index (χ3v) is 5.31. The maximum atomic E-state index is 13.9. The number of aryl methyl sites for hydroxylation is 1. The van der Waals surface area contributed by atoms with Crippen LogP contribution in [-0.2, 0) is 25.5 Å². The Morgan fingerprint density at radius 2 is 1.94 bits per heavy atom. The highest BCUT2D eigenvalue weighted by molar-refractivity contribution is 6.30. The number of carbonyl (C=O) groups excluding carboxylic acids is 3. The normalized spacial score (nSPS) is 11.4. The Balaban J connectivity index is 1.96. The fraction of sp³-hybridized carbons (Fsp3) is 0.391. The number of nitrogens with one attached hydrogen (secondary N) is 1. The number of amides is 2. The second-order valence-corrected chi connectivity index (χ2v) is 7.86. The monoisotopic (exact) mass is 497 g/mol. The van der Waals surface area contributed by atoms with E-state index in [-0.39, 0.29) is 43.2 Å². The molecule has 0 bridgehead atoms. The number of rotatable bonds is 11. The van der Waals surface area contributed by atoms with Crippen molar-refractivity contribution in [2.75, 3.05) is 26.1 Å². The van der Waals surface area contributed by atoms with E-state index in [2.05, 4.69) is 15.0 Å². The predicted molar refractivity (Wildman–Crippen MR) is 121 cm³/mol. The molecule has 0 unspecified atom stereocenters. The summed E-state index contributed by atoms with van der Waals surface area (Å²) in [5.74, 6) is -2.48. The van der Waals surface area contributed by atoms with Gasteiger partial charge in [-0.3, -0.25) is 14.9 Å². The molecule has 34 heavy (non-hydrogen) atoms. The molecule has 8 nitrogen and oxygen atoms in total. The first-order valence-electron chi connectivity index (χ1n) is 10.5. The Hall–Kier alpha value is -3.27. The van der Waals surface area contributed by atoms with Crippen LogP contribution in [0.1, 0.15) is 31.2 Å². The number of halogens is 3. The molecule has 0 saturated heterocycles. The van der Waals surface area contributed by atoms with E-state index < -0.39 is 29.7 Å². The average molecular weight is 498 g/mol. The molecule has 1 aromatic heterocycles. The highest BCUT2D eigenvalue weighted by Crippen LogP contribution is 2.16. The third-order valence-electron chi connectivity index (χ3n) is 5.09. The van der Waals surface area contributed by atoms with Crippen molar-refractivity contribution in [3.63, 3.8) is 0 Å². The summed E-state index contributed by atoms with van der Waals surface area (Å²) in [5.41, 5.74) is 0.0927. The largest absolute Gasteiger partial charge is 0.469 e. The molecule has 184 valence electrons. The minimum Gasteiger partial charge on any atom is -0.469 e. The summed E-state index contributed by atoms with van der Waals surface area (Å²) < 4.78 is 37.2. The van der Waals surface area contributed by atoms with E-state index in [1.165, 1.54) is 43.5 Å². The molecule has 0 saturated carbocycles. The van der Waals surface area contributed by atoms with Crippen molar-refractivity contribution < 1.29 is 32.6 Å². The van der Waals surface area contributed by atoms with Crippen LogP contribution < -0.4 is 5.32 Å². The fourth-order valence-electron chi connectivity index (χ4n) is 3.10. The van der Waals surface area contributed by atoms with Crippen LogP contribution in [0, 0.1) is 11.6 Å². The smallest absolute Gasteiger partial charge is 0.412 e. The van der Waals surface area contributed by atoms with Gasteiger partial charge in [-0.15, -0.1) is 0 Å². The molecule has 1 aromatic carbocycles. The van der Waals surface area contributed by atoms with Gasteiger partial charge >= 0.3 is 12.1 Å². The standard InChI is InChI=1S/C23H26ClF2N3O5/c1-29(20(30)12-9-15-5-3-7-18(25)22(15)26)17(6-4-8-21(31)33-2)14-34-23(32)28-19-11-10-16(24)13-27-19/h3,5,7,10-11,13,17H,4,6,8-9,12,14H2,1-2H3,(H,27,28,32)/t17-/m0/s1. The molecule has 1 heterocycles. The minimum atomic E-state index is -0.983. The average Bonchev–Trinajstić information content (AvgIpc) is 2.82. The number of aromatic nitrogens is 1. The van der Waals surface area contributed by atoms with Gasteiger partial charge in [-0.1, -0.05) is 23.7 Å². The SMILES string of the molecule is COC(=O)CCC[C@@H](COC(=O)Nc1ccc(Cl)cn1)N(C)C(=O)CCc1cccc(F)c1F. The molecule has 2 rings (SSSR count). The zero-order valence-electron chi connectivity index (χ0n) is 18.9. The number of hydrogen-bond donors (Lipinski definition) is 1. The Morgan fingerprint density at radius 3 is 2.62 bits per heavy atom. The van der Waals surface area contributed by atoms with Crippen LogP contribution in [0.3, 0.4) is 0 Å². The lowest BCUT2D eigenvalue weighted by molar-refractivity contribution is -0.140. The van der Waals surface area contributed by atoms with E-state index in [0.717, 1.165) is 6.07 Å². The van der Waals surface area contributed by atoms with Crippen LogP contribution in [-0.4, -0.2) is 54.7 Å². The molecular formula is C23H26ClF2N3O5. The number of ether oxygens (including phenoxy) is 2. The van der Waals surface area contributed by atoms with Gasteiger partial charge < -0.3 is 14.4 Å². The molecular weight excluding hydrogens is 472 g/mol. The molecule has 1 atom stereocenters. The maximum absolute atomic E-state index is 13.9. The number of likely N-dealkylation sites (N-methyl/N-ethyl adjacent to an activating group) is 1. The second-order valence-electron chi connectivity index (χ2n) is 7.42. The molecule has 1 N–H and O–H groups in total. The van der Waals surface area contributed by atoms with Crippen molar-refractivity contribution in [1.29, 1.82) is 0 Å². The van der Waals surface area contributed by atoms with Crippen molar-refractivity contribution in [3.8, 4) is 0 Å². The Labute approximate surface area is 201 Å². The van der Waals surface area contributed by atoms with E-state index in [1.807, 2.05) is 0 Å². The molecule has 2 amide bonds. The van der Waals surface area contributed by atoms with Gasteiger partial charge in [-0.25, -0.2) is 18.6 Å². The molecule has 0 aliphatic heterocycles. The zero-order chi connectivity index (χ0) is 25.1. The minimum absolute atomic E-state index is 0.00519. The molecule has 11 heteroatoms. The Bertz CT molecular complexity index is 991. The van der Waals surface area contributed by atoms with Crippen LogP contribution in [0.25, 0.3) is 0 Å². The van der Waals surface area contributed by atoms with E-state index in [0.29, 0.717) is 17.9 Å². The van der Waals surface area contributed by atoms with Gasteiger partial charge in [-0.05, 0) is 43.0 Å². The third kappa shape index (κ3) is 8.58. The van der Waals surface area contributed by atoms with Crippen molar-refractivity contribution >= 4 is 35.4 Å². The van der Waals surface area contributed by atoms with Crippen LogP contribution in [0.4, 0.5) is 19.4 Å². The molecule has 2 aromatic rings. The van der Waals surface area contributed by atoms with Crippen molar-refractivity contribution in [2.24, 2.45) is 0 Å². The van der Waals surface area contributed by atoms with E-state index >= 15 is 0 Å². The topological polar surface area (TPSA) is 97.8 Å². The number of esters is 1. The number of pyridine rings is 1. The van der Waals surface area contributed by atoms with Crippen molar-refractivity contribution in [2.45, 2.75) is 38.1 Å². The molecule has 0 aliphatic carbocycles. The number of anilines is 1. The maximum Gasteiger partial charge on any atom is 0.412 e. The van der Waals surface area contributed by atoms with Gasteiger partial charge in [0.1, 0.15) is 12.4 Å². The number of hydrogen-bond acceptors (Lipinski definition) is 6. The lowest BCUT2D eigenvalue weighted by atomic mass is 10.1.